The molecule has 1 aromatic heterocycles. The Hall–Kier alpha value is -1.69. The Morgan fingerprint density at radius 1 is 1.56 bits per heavy atom. The zero-order valence-electron chi connectivity index (χ0n) is 10.1. The zero-order chi connectivity index (χ0) is 13.1. The molecule has 0 unspecified atom stereocenters. The molecule has 2 heterocycles. The minimum absolute atomic E-state index is 0.0850. The second-order valence-corrected chi connectivity index (χ2v) is 4.26. The summed E-state index contributed by atoms with van der Waals surface area (Å²) in [6, 6.07) is 1.30. The van der Waals surface area contributed by atoms with Crippen LogP contribution < -0.4 is 4.90 Å². The van der Waals surface area contributed by atoms with E-state index >= 15 is 0 Å². The quantitative estimate of drug-likeness (QED) is 0.886. The standard InChI is InChI=1S/C12H15FN2O3/c1-15(8-3-6-18-7-4-8)11-10(13)9(12(16)17)2-5-14-11/h2,5,8H,3-4,6-7H2,1H3,(H,16,17). The van der Waals surface area contributed by atoms with E-state index < -0.39 is 11.8 Å². The Labute approximate surface area is 104 Å². The Morgan fingerprint density at radius 3 is 2.83 bits per heavy atom. The van der Waals surface area contributed by atoms with Crippen molar-refractivity contribution in [3.63, 3.8) is 0 Å². The topological polar surface area (TPSA) is 62.7 Å². The highest BCUT2D eigenvalue weighted by Crippen LogP contribution is 2.23. The molecule has 0 aliphatic carbocycles. The number of hydrogen-bond donors (Lipinski definition) is 1. The van der Waals surface area contributed by atoms with Gasteiger partial charge in [0.1, 0.15) is 5.56 Å². The van der Waals surface area contributed by atoms with E-state index in [0.717, 1.165) is 12.8 Å². The monoisotopic (exact) mass is 254 g/mol. The summed E-state index contributed by atoms with van der Waals surface area (Å²) in [5, 5.41) is 8.88. The van der Waals surface area contributed by atoms with Gasteiger partial charge in [-0.15, -0.1) is 0 Å². The van der Waals surface area contributed by atoms with Crippen LogP contribution in [0.25, 0.3) is 0 Å². The van der Waals surface area contributed by atoms with Gasteiger partial charge in [-0.3, -0.25) is 0 Å². The summed E-state index contributed by atoms with van der Waals surface area (Å²) in [7, 11) is 1.73. The molecule has 0 saturated carbocycles. The number of aromatic nitrogens is 1. The van der Waals surface area contributed by atoms with Gasteiger partial charge in [0, 0.05) is 32.5 Å². The van der Waals surface area contributed by atoms with Gasteiger partial charge >= 0.3 is 5.97 Å². The lowest BCUT2D eigenvalue weighted by Gasteiger charge is -2.32. The first-order valence-electron chi connectivity index (χ1n) is 5.79. The summed E-state index contributed by atoms with van der Waals surface area (Å²) in [6.07, 6.45) is 2.89. The molecule has 18 heavy (non-hydrogen) atoms. The summed E-state index contributed by atoms with van der Waals surface area (Å²) in [6.45, 7) is 1.27. The van der Waals surface area contributed by atoms with Gasteiger partial charge in [0.2, 0.25) is 0 Å². The molecule has 0 radical (unpaired) electrons. The van der Waals surface area contributed by atoms with Crippen LogP contribution in [0.2, 0.25) is 0 Å². The van der Waals surface area contributed by atoms with Gasteiger partial charge in [0.05, 0.1) is 0 Å². The SMILES string of the molecule is CN(c1nccc(C(=O)O)c1F)C1CCOCC1. The fraction of sp³-hybridized carbons (Fsp3) is 0.500. The van der Waals surface area contributed by atoms with E-state index in [1.807, 2.05) is 0 Å². The second kappa shape index (κ2) is 5.30. The average Bonchev–Trinajstić information content (AvgIpc) is 2.39. The molecular weight excluding hydrogens is 239 g/mol. The van der Waals surface area contributed by atoms with Crippen LogP contribution in [0.4, 0.5) is 10.2 Å². The normalized spacial score (nSPS) is 16.6. The third kappa shape index (κ3) is 2.43. The Kier molecular flexibility index (Phi) is 3.76. The van der Waals surface area contributed by atoms with E-state index in [1.54, 1.807) is 11.9 Å². The van der Waals surface area contributed by atoms with E-state index in [1.165, 1.54) is 12.3 Å². The summed E-state index contributed by atoms with van der Waals surface area (Å²) in [5.41, 5.74) is -0.348. The van der Waals surface area contributed by atoms with Crippen LogP contribution >= 0.6 is 0 Å². The van der Waals surface area contributed by atoms with E-state index in [0.29, 0.717) is 13.2 Å². The maximum absolute atomic E-state index is 14.0. The van der Waals surface area contributed by atoms with Crippen molar-refractivity contribution in [2.24, 2.45) is 0 Å². The van der Waals surface area contributed by atoms with Gasteiger partial charge in [-0.2, -0.15) is 0 Å². The first kappa shape index (κ1) is 12.8. The molecule has 1 N–H and O–H groups in total. The number of ether oxygens (including phenoxy) is 1. The molecule has 1 saturated heterocycles. The van der Waals surface area contributed by atoms with Gasteiger partial charge in [0.25, 0.3) is 0 Å². The number of carboxylic acid groups (broad SMARTS) is 1. The van der Waals surface area contributed by atoms with E-state index in [2.05, 4.69) is 4.98 Å². The van der Waals surface area contributed by atoms with Crippen molar-refractivity contribution in [3.05, 3.63) is 23.6 Å². The first-order valence-corrected chi connectivity index (χ1v) is 5.79. The van der Waals surface area contributed by atoms with Crippen molar-refractivity contribution in [3.8, 4) is 0 Å². The fourth-order valence-electron chi connectivity index (χ4n) is 2.09. The molecule has 1 aliphatic rings. The molecule has 1 aromatic rings. The molecule has 1 aliphatic heterocycles. The molecule has 0 atom stereocenters. The lowest BCUT2D eigenvalue weighted by atomic mass is 10.1. The highest BCUT2D eigenvalue weighted by molar-refractivity contribution is 5.88. The van der Waals surface area contributed by atoms with E-state index in [9.17, 15) is 9.18 Å². The largest absolute Gasteiger partial charge is 0.478 e. The first-order chi connectivity index (χ1) is 8.61. The zero-order valence-corrected chi connectivity index (χ0v) is 10.1. The molecule has 0 amide bonds. The third-order valence-corrected chi connectivity index (χ3v) is 3.17. The maximum Gasteiger partial charge on any atom is 0.338 e. The fourth-order valence-corrected chi connectivity index (χ4v) is 2.09. The molecule has 0 spiro atoms. The number of pyridine rings is 1. The number of halogens is 1. The predicted octanol–water partition coefficient (Wildman–Crippen LogP) is 1.53. The van der Waals surface area contributed by atoms with Crippen molar-refractivity contribution in [1.82, 2.24) is 4.98 Å². The second-order valence-electron chi connectivity index (χ2n) is 4.26. The number of anilines is 1. The minimum atomic E-state index is -1.28. The number of carbonyl (C=O) groups is 1. The molecule has 98 valence electrons. The molecule has 2 rings (SSSR count). The lowest BCUT2D eigenvalue weighted by Crippen LogP contribution is -2.37. The molecule has 0 aromatic carbocycles. The Balaban J connectivity index is 2.26. The molecule has 0 bridgehead atoms. The van der Waals surface area contributed by atoms with Gasteiger partial charge in [-0.05, 0) is 18.9 Å². The van der Waals surface area contributed by atoms with Gasteiger partial charge < -0.3 is 14.7 Å². The van der Waals surface area contributed by atoms with Gasteiger partial charge in [-0.1, -0.05) is 0 Å². The van der Waals surface area contributed by atoms with Gasteiger partial charge in [0.15, 0.2) is 11.6 Å². The van der Waals surface area contributed by atoms with Gasteiger partial charge in [-0.25, -0.2) is 14.2 Å². The number of aromatic carboxylic acids is 1. The van der Waals surface area contributed by atoms with Crippen molar-refractivity contribution in [1.29, 1.82) is 0 Å². The molecule has 5 nitrogen and oxygen atoms in total. The number of hydrogen-bond acceptors (Lipinski definition) is 4. The molecular formula is C12H15FN2O3. The smallest absolute Gasteiger partial charge is 0.338 e. The predicted molar refractivity (Wildman–Crippen MR) is 63.4 cm³/mol. The third-order valence-electron chi connectivity index (χ3n) is 3.17. The summed E-state index contributed by atoms with van der Waals surface area (Å²) < 4.78 is 19.3. The minimum Gasteiger partial charge on any atom is -0.478 e. The highest BCUT2D eigenvalue weighted by Gasteiger charge is 2.24. The van der Waals surface area contributed by atoms with Crippen LogP contribution in [-0.2, 0) is 4.74 Å². The van der Waals surface area contributed by atoms with Crippen LogP contribution in [-0.4, -0.2) is 42.4 Å². The number of carboxylic acids is 1. The van der Waals surface area contributed by atoms with Crippen LogP contribution in [0.5, 0.6) is 0 Å². The molecule has 6 heteroatoms. The van der Waals surface area contributed by atoms with E-state index in [-0.39, 0.29) is 17.4 Å². The lowest BCUT2D eigenvalue weighted by molar-refractivity contribution is 0.0691. The average molecular weight is 254 g/mol. The van der Waals surface area contributed by atoms with Crippen molar-refractivity contribution in [2.75, 3.05) is 25.2 Å². The van der Waals surface area contributed by atoms with Crippen LogP contribution in [0.15, 0.2) is 12.3 Å². The highest BCUT2D eigenvalue weighted by atomic mass is 19.1. The number of rotatable bonds is 3. The van der Waals surface area contributed by atoms with Crippen molar-refractivity contribution < 1.29 is 19.0 Å². The van der Waals surface area contributed by atoms with Crippen molar-refractivity contribution in [2.45, 2.75) is 18.9 Å². The number of nitrogens with zero attached hydrogens (tertiary/aromatic N) is 2. The maximum atomic E-state index is 14.0. The van der Waals surface area contributed by atoms with Crippen LogP contribution in [0, 0.1) is 5.82 Å². The molecule has 1 fully saturated rings. The summed E-state index contributed by atoms with van der Waals surface area (Å²) in [4.78, 5) is 16.5. The Morgan fingerprint density at radius 2 is 2.22 bits per heavy atom. The summed E-state index contributed by atoms with van der Waals surface area (Å²) >= 11 is 0. The van der Waals surface area contributed by atoms with Crippen LogP contribution in [0.1, 0.15) is 23.2 Å². The Bertz CT molecular complexity index is 447. The van der Waals surface area contributed by atoms with Crippen molar-refractivity contribution >= 4 is 11.8 Å². The summed E-state index contributed by atoms with van der Waals surface area (Å²) in [5.74, 6) is -1.97. The van der Waals surface area contributed by atoms with Crippen LogP contribution in [0.3, 0.4) is 0 Å². The van der Waals surface area contributed by atoms with E-state index in [4.69, 9.17) is 9.84 Å².